The Morgan fingerprint density at radius 2 is 2.05 bits per heavy atom. The molecule has 20 heavy (non-hydrogen) atoms. The second-order valence-electron chi connectivity index (χ2n) is 4.55. The Hall–Kier alpha value is -2.28. The molecule has 7 heteroatoms. The van der Waals surface area contributed by atoms with E-state index < -0.39 is 30.6 Å². The van der Waals surface area contributed by atoms with Crippen molar-refractivity contribution in [3.63, 3.8) is 0 Å². The van der Waals surface area contributed by atoms with E-state index in [4.69, 9.17) is 9.84 Å². The van der Waals surface area contributed by atoms with E-state index in [0.717, 1.165) is 4.90 Å². The average Bonchev–Trinajstić information content (AvgIpc) is 2.80. The first kappa shape index (κ1) is 14.1. The van der Waals surface area contributed by atoms with Crippen molar-refractivity contribution < 1.29 is 29.6 Å². The van der Waals surface area contributed by atoms with Crippen molar-refractivity contribution in [1.82, 2.24) is 4.90 Å². The molecule has 1 aliphatic rings. The molecule has 2 rings (SSSR count). The summed E-state index contributed by atoms with van der Waals surface area (Å²) in [4.78, 5) is 24.0. The van der Waals surface area contributed by atoms with Crippen LogP contribution in [0.15, 0.2) is 24.3 Å². The minimum absolute atomic E-state index is 0.0116. The third-order valence-electron chi connectivity index (χ3n) is 3.10. The lowest BCUT2D eigenvalue weighted by Crippen LogP contribution is -2.42. The topological polar surface area (TPSA) is 107 Å². The van der Waals surface area contributed by atoms with Crippen LogP contribution in [-0.2, 0) is 9.59 Å². The van der Waals surface area contributed by atoms with Crippen molar-refractivity contribution in [2.45, 2.75) is 18.6 Å². The van der Waals surface area contributed by atoms with Crippen LogP contribution in [-0.4, -0.2) is 57.4 Å². The van der Waals surface area contributed by atoms with E-state index in [1.54, 1.807) is 12.1 Å². The summed E-state index contributed by atoms with van der Waals surface area (Å²) in [5, 5.41) is 27.9. The van der Waals surface area contributed by atoms with Crippen LogP contribution in [0.5, 0.6) is 11.5 Å². The lowest BCUT2D eigenvalue weighted by atomic mass is 10.2. The zero-order chi connectivity index (χ0) is 14.7. The number of nitrogens with zero attached hydrogens (tertiary/aromatic N) is 1. The number of hydrogen-bond donors (Lipinski definition) is 3. The first-order valence-electron chi connectivity index (χ1n) is 6.10. The zero-order valence-electron chi connectivity index (χ0n) is 10.6. The van der Waals surface area contributed by atoms with Gasteiger partial charge >= 0.3 is 5.97 Å². The number of ether oxygens (including phenoxy) is 1. The van der Waals surface area contributed by atoms with E-state index in [0.29, 0.717) is 0 Å². The number of carbonyl (C=O) groups excluding carboxylic acids is 1. The third kappa shape index (κ3) is 3.00. The molecule has 0 saturated carbocycles. The van der Waals surface area contributed by atoms with E-state index in [1.807, 2.05) is 0 Å². The van der Waals surface area contributed by atoms with Crippen molar-refractivity contribution in [2.24, 2.45) is 0 Å². The number of aliphatic hydroxyl groups excluding tert-OH is 1. The fourth-order valence-corrected chi connectivity index (χ4v) is 2.13. The number of carboxylic acids is 1. The molecule has 0 aliphatic carbocycles. The Balaban J connectivity index is 1.98. The van der Waals surface area contributed by atoms with Gasteiger partial charge in [0.1, 0.15) is 6.04 Å². The van der Waals surface area contributed by atoms with Crippen LogP contribution in [0.4, 0.5) is 0 Å². The second-order valence-corrected chi connectivity index (χ2v) is 4.55. The van der Waals surface area contributed by atoms with Gasteiger partial charge in [-0.3, -0.25) is 4.79 Å². The molecule has 1 aliphatic heterocycles. The largest absolute Gasteiger partial charge is 0.504 e. The van der Waals surface area contributed by atoms with Gasteiger partial charge in [-0.25, -0.2) is 4.79 Å². The molecule has 108 valence electrons. The predicted molar refractivity (Wildman–Crippen MR) is 67.4 cm³/mol. The molecular weight excluding hydrogens is 266 g/mol. The van der Waals surface area contributed by atoms with Gasteiger partial charge in [0.25, 0.3) is 5.91 Å². The van der Waals surface area contributed by atoms with Crippen molar-refractivity contribution in [2.75, 3.05) is 13.2 Å². The lowest BCUT2D eigenvalue weighted by Gasteiger charge is -2.21. The maximum absolute atomic E-state index is 11.9. The average molecular weight is 281 g/mol. The van der Waals surface area contributed by atoms with E-state index in [1.165, 1.54) is 12.1 Å². The Labute approximate surface area is 115 Å². The van der Waals surface area contributed by atoms with Gasteiger partial charge < -0.3 is 25.0 Å². The summed E-state index contributed by atoms with van der Waals surface area (Å²) in [5.74, 6) is -1.65. The van der Waals surface area contributed by atoms with Gasteiger partial charge in [-0.2, -0.15) is 0 Å². The molecule has 1 fully saturated rings. The highest BCUT2D eigenvalue weighted by atomic mass is 16.5. The molecule has 1 saturated heterocycles. The van der Waals surface area contributed by atoms with Crippen LogP contribution < -0.4 is 4.74 Å². The van der Waals surface area contributed by atoms with E-state index >= 15 is 0 Å². The molecule has 0 spiro atoms. The number of aromatic hydroxyl groups is 1. The number of phenols is 1. The second kappa shape index (κ2) is 5.79. The summed E-state index contributed by atoms with van der Waals surface area (Å²) in [5.41, 5.74) is 0. The lowest BCUT2D eigenvalue weighted by molar-refractivity contribution is -0.149. The number of amides is 1. The smallest absolute Gasteiger partial charge is 0.326 e. The maximum atomic E-state index is 11.9. The highest BCUT2D eigenvalue weighted by Gasteiger charge is 2.38. The van der Waals surface area contributed by atoms with E-state index in [9.17, 15) is 19.8 Å². The first-order chi connectivity index (χ1) is 9.49. The third-order valence-corrected chi connectivity index (χ3v) is 3.10. The SMILES string of the molecule is O=C(O)[C@@H]1CC(O)CN1C(=O)COc1ccccc1O. The molecular formula is C13H15NO6. The van der Waals surface area contributed by atoms with Crippen molar-refractivity contribution in [3.05, 3.63) is 24.3 Å². The van der Waals surface area contributed by atoms with Crippen LogP contribution in [0.25, 0.3) is 0 Å². The zero-order valence-corrected chi connectivity index (χ0v) is 10.6. The van der Waals surface area contributed by atoms with Gasteiger partial charge in [-0.1, -0.05) is 12.1 Å². The van der Waals surface area contributed by atoms with Crippen LogP contribution in [0.2, 0.25) is 0 Å². The Morgan fingerprint density at radius 1 is 1.35 bits per heavy atom. The minimum atomic E-state index is -1.16. The number of aliphatic carboxylic acids is 1. The van der Waals surface area contributed by atoms with Gasteiger partial charge in [-0.05, 0) is 12.1 Å². The molecule has 1 heterocycles. The normalized spacial score (nSPS) is 21.8. The molecule has 1 aromatic rings. The number of rotatable bonds is 4. The summed E-state index contributed by atoms with van der Waals surface area (Å²) in [6.45, 7) is -0.423. The predicted octanol–water partition coefficient (Wildman–Crippen LogP) is -0.183. The van der Waals surface area contributed by atoms with Gasteiger partial charge in [0.15, 0.2) is 18.1 Å². The van der Waals surface area contributed by atoms with Crippen LogP contribution >= 0.6 is 0 Å². The van der Waals surface area contributed by atoms with Gasteiger partial charge in [0, 0.05) is 13.0 Å². The highest BCUT2D eigenvalue weighted by Crippen LogP contribution is 2.25. The number of hydrogen-bond acceptors (Lipinski definition) is 5. The Morgan fingerprint density at radius 3 is 2.70 bits per heavy atom. The quantitative estimate of drug-likeness (QED) is 0.706. The van der Waals surface area contributed by atoms with Crippen molar-refractivity contribution in [3.8, 4) is 11.5 Å². The summed E-state index contributed by atoms with van der Waals surface area (Å²) >= 11 is 0. The van der Waals surface area contributed by atoms with E-state index in [2.05, 4.69) is 0 Å². The summed E-state index contributed by atoms with van der Waals surface area (Å²) in [7, 11) is 0. The van der Waals surface area contributed by atoms with Gasteiger partial charge in [-0.15, -0.1) is 0 Å². The Kier molecular flexibility index (Phi) is 4.09. The molecule has 7 nitrogen and oxygen atoms in total. The molecule has 0 aromatic heterocycles. The number of likely N-dealkylation sites (tertiary alicyclic amines) is 1. The van der Waals surface area contributed by atoms with Crippen LogP contribution in [0, 0.1) is 0 Å². The molecule has 1 unspecified atom stereocenters. The van der Waals surface area contributed by atoms with Gasteiger partial charge in [0.05, 0.1) is 6.10 Å². The summed E-state index contributed by atoms with van der Waals surface area (Å²) in [6, 6.07) is 5.13. The standard InChI is InChI=1S/C13H15NO6/c15-8-5-9(13(18)19)14(6-8)12(17)7-20-11-4-2-1-3-10(11)16/h1-4,8-9,15-16H,5-7H2,(H,18,19)/t8?,9-/m0/s1. The monoisotopic (exact) mass is 281 g/mol. The number of β-amino-alcohol motifs (C(OH)–C–C–N with tert-alkyl or cyclic N) is 1. The molecule has 2 atom stereocenters. The van der Waals surface area contributed by atoms with Crippen LogP contribution in [0.3, 0.4) is 0 Å². The van der Waals surface area contributed by atoms with Gasteiger partial charge in [0.2, 0.25) is 0 Å². The highest BCUT2D eigenvalue weighted by molar-refractivity contribution is 5.85. The fraction of sp³-hybridized carbons (Fsp3) is 0.385. The number of benzene rings is 1. The molecule has 3 N–H and O–H groups in total. The number of para-hydroxylation sites is 2. The number of carboxylic acid groups (broad SMARTS) is 1. The van der Waals surface area contributed by atoms with Crippen molar-refractivity contribution >= 4 is 11.9 Å². The van der Waals surface area contributed by atoms with Crippen molar-refractivity contribution in [1.29, 1.82) is 0 Å². The molecule has 0 radical (unpaired) electrons. The maximum Gasteiger partial charge on any atom is 0.326 e. The number of carbonyl (C=O) groups is 2. The summed E-state index contributed by atoms with van der Waals surface area (Å²) in [6.07, 6.45) is -0.831. The first-order valence-corrected chi connectivity index (χ1v) is 6.10. The molecule has 0 bridgehead atoms. The summed E-state index contributed by atoms with van der Waals surface area (Å²) < 4.78 is 5.16. The Bertz CT molecular complexity index is 517. The van der Waals surface area contributed by atoms with Crippen LogP contribution in [0.1, 0.15) is 6.42 Å². The van der Waals surface area contributed by atoms with E-state index in [-0.39, 0.29) is 24.5 Å². The minimum Gasteiger partial charge on any atom is -0.504 e. The fourth-order valence-electron chi connectivity index (χ4n) is 2.13. The number of aliphatic hydroxyl groups is 1. The molecule has 1 aromatic carbocycles. The molecule has 1 amide bonds. The number of phenolic OH excluding ortho intramolecular Hbond substituents is 1.